The maximum atomic E-state index is 13.0. The van der Waals surface area contributed by atoms with Gasteiger partial charge in [-0.05, 0) is 71.0 Å². The minimum Gasteiger partial charge on any atom is -0.493 e. The zero-order chi connectivity index (χ0) is 23.1. The van der Waals surface area contributed by atoms with E-state index in [0.717, 1.165) is 27.0 Å². The Bertz CT molecular complexity index is 1150. The smallest absolute Gasteiger partial charge is 0.254 e. The molecule has 2 bridgehead atoms. The molecule has 2 amide bonds. The lowest BCUT2D eigenvalue weighted by molar-refractivity contribution is -0.140. The van der Waals surface area contributed by atoms with Crippen molar-refractivity contribution >= 4 is 52.2 Å². The van der Waals surface area contributed by atoms with Gasteiger partial charge in [-0.3, -0.25) is 9.59 Å². The van der Waals surface area contributed by atoms with Crippen LogP contribution in [0.25, 0.3) is 0 Å². The number of amides is 2. The predicted molar refractivity (Wildman–Crippen MR) is 133 cm³/mol. The van der Waals surface area contributed by atoms with E-state index in [1.165, 1.54) is 6.21 Å². The molecule has 0 radical (unpaired) electrons. The van der Waals surface area contributed by atoms with Crippen LogP contribution in [0, 0.1) is 27.2 Å². The van der Waals surface area contributed by atoms with E-state index in [2.05, 4.69) is 39.8 Å². The van der Waals surface area contributed by atoms with Crippen LogP contribution in [-0.4, -0.2) is 30.1 Å². The van der Waals surface area contributed by atoms with E-state index >= 15 is 0 Å². The fourth-order valence-electron chi connectivity index (χ4n) is 5.02. The zero-order valence-corrected chi connectivity index (χ0v) is 20.8. The third-order valence-electron chi connectivity index (χ3n) is 6.64. The molecule has 4 atom stereocenters. The van der Waals surface area contributed by atoms with Crippen LogP contribution in [0.3, 0.4) is 0 Å². The molecule has 2 aromatic carbocycles. The number of nitrogens with zero attached hydrogens (tertiary/aromatic N) is 2. The third-order valence-corrected chi connectivity index (χ3v) is 7.81. The van der Waals surface area contributed by atoms with Gasteiger partial charge in [0.05, 0.1) is 28.7 Å². The van der Waals surface area contributed by atoms with Crippen LogP contribution in [0.1, 0.15) is 24.0 Å². The van der Waals surface area contributed by atoms with Crippen LogP contribution in [-0.2, 0) is 16.2 Å². The first-order chi connectivity index (χ1) is 16.0. The van der Waals surface area contributed by atoms with E-state index in [0.29, 0.717) is 28.7 Å². The van der Waals surface area contributed by atoms with Crippen molar-refractivity contribution in [1.82, 2.24) is 5.01 Å². The second-order valence-electron chi connectivity index (χ2n) is 8.49. The summed E-state index contributed by atoms with van der Waals surface area (Å²) < 4.78 is 12.3. The summed E-state index contributed by atoms with van der Waals surface area (Å²) in [4.78, 5) is 25.9. The molecule has 3 aliphatic carbocycles. The summed E-state index contributed by atoms with van der Waals surface area (Å²) in [5.41, 5.74) is 1.58. The second-order valence-corrected chi connectivity index (χ2v) is 10.1. The highest BCUT2D eigenvalue weighted by atomic mass is 127. The van der Waals surface area contributed by atoms with Gasteiger partial charge in [0.15, 0.2) is 11.5 Å². The lowest BCUT2D eigenvalue weighted by Crippen LogP contribution is -2.38. The van der Waals surface area contributed by atoms with Crippen molar-refractivity contribution in [2.75, 3.05) is 7.11 Å². The normalized spacial score (nSPS) is 25.7. The molecule has 170 valence electrons. The number of methoxy groups -OCH3 is 1. The van der Waals surface area contributed by atoms with E-state index in [1.54, 1.807) is 13.2 Å². The molecule has 1 saturated carbocycles. The number of benzene rings is 2. The molecule has 0 aromatic heterocycles. The van der Waals surface area contributed by atoms with Crippen LogP contribution >= 0.6 is 34.2 Å². The van der Waals surface area contributed by atoms with E-state index < -0.39 is 0 Å². The summed E-state index contributed by atoms with van der Waals surface area (Å²) in [5, 5.41) is 5.99. The van der Waals surface area contributed by atoms with Crippen molar-refractivity contribution in [2.24, 2.45) is 28.8 Å². The van der Waals surface area contributed by atoms with Gasteiger partial charge in [-0.15, -0.1) is 0 Å². The number of fused-ring (bicyclic) bond motifs is 1. The van der Waals surface area contributed by atoms with Crippen LogP contribution in [0.4, 0.5) is 0 Å². The molecule has 2 aromatic rings. The molecular weight excluding hydrogens is 555 g/mol. The number of hydrogen-bond donors (Lipinski definition) is 0. The van der Waals surface area contributed by atoms with Crippen molar-refractivity contribution in [3.63, 3.8) is 0 Å². The maximum absolute atomic E-state index is 13.0. The van der Waals surface area contributed by atoms with Gasteiger partial charge in [0.1, 0.15) is 6.61 Å². The Morgan fingerprint density at radius 1 is 1.12 bits per heavy atom. The van der Waals surface area contributed by atoms with Gasteiger partial charge in [0.2, 0.25) is 0 Å². The van der Waals surface area contributed by atoms with Gasteiger partial charge in [-0.2, -0.15) is 10.1 Å². The van der Waals surface area contributed by atoms with Crippen molar-refractivity contribution in [3.05, 3.63) is 68.3 Å². The average Bonchev–Trinajstić information content (AvgIpc) is 3.10. The third kappa shape index (κ3) is 4.05. The number of hydrazone groups is 1. The summed E-state index contributed by atoms with van der Waals surface area (Å²) in [6.07, 6.45) is 7.66. The summed E-state index contributed by atoms with van der Waals surface area (Å²) in [6, 6.07) is 11.2. The van der Waals surface area contributed by atoms with Crippen molar-refractivity contribution in [3.8, 4) is 11.5 Å². The number of ether oxygens (including phenoxy) is 2. The summed E-state index contributed by atoms with van der Waals surface area (Å²) in [6.45, 7) is 0.301. The van der Waals surface area contributed by atoms with Gasteiger partial charge < -0.3 is 9.47 Å². The number of imide groups is 1. The number of rotatable bonds is 6. The molecule has 0 unspecified atom stereocenters. The Hall–Kier alpha value is -2.39. The largest absolute Gasteiger partial charge is 0.493 e. The molecule has 8 heteroatoms. The molecule has 6 nitrogen and oxygen atoms in total. The Morgan fingerprint density at radius 3 is 2.39 bits per heavy atom. The molecule has 0 N–H and O–H groups in total. The first kappa shape index (κ1) is 22.4. The quantitative estimate of drug-likeness (QED) is 0.209. The van der Waals surface area contributed by atoms with Crippen LogP contribution in [0.15, 0.2) is 53.7 Å². The highest BCUT2D eigenvalue weighted by molar-refractivity contribution is 14.1. The summed E-state index contributed by atoms with van der Waals surface area (Å²) in [5.74, 6) is 0.493. The summed E-state index contributed by atoms with van der Waals surface area (Å²) >= 11 is 8.40. The minimum atomic E-state index is -0.270. The van der Waals surface area contributed by atoms with Crippen molar-refractivity contribution in [2.45, 2.75) is 19.4 Å². The minimum absolute atomic E-state index is 0.146. The van der Waals surface area contributed by atoms with Crippen molar-refractivity contribution < 1.29 is 19.1 Å². The number of halogens is 2. The SMILES string of the molecule is COc1cc(/C=N\N2C(=O)[C@H]3[C@H](C2=O)[C@H]2C=C[C@H]3CC2)cc(I)c1OCc1ccccc1Cl. The number of carbonyl (C=O) groups excluding carboxylic acids is 2. The first-order valence-corrected chi connectivity index (χ1v) is 12.3. The van der Waals surface area contributed by atoms with Gasteiger partial charge in [0, 0.05) is 10.6 Å². The first-order valence-electron chi connectivity index (χ1n) is 10.8. The second kappa shape index (κ2) is 9.10. The van der Waals surface area contributed by atoms with Crippen LogP contribution < -0.4 is 9.47 Å². The van der Waals surface area contributed by atoms with Crippen LogP contribution in [0.2, 0.25) is 5.02 Å². The van der Waals surface area contributed by atoms with E-state index in [1.807, 2.05) is 30.3 Å². The standard InChI is InChI=1S/C25H22ClIN2O4/c1-32-20-11-14(10-19(27)23(20)33-13-17-4-2-3-5-18(17)26)12-28-29-24(30)21-15-6-7-16(9-8-15)22(21)25(29)31/h2-7,10-12,15-16,21-22H,8-9,13H2,1H3/b28-12-/t15-,16-,21+,22+/m0/s1. The number of hydrogen-bond acceptors (Lipinski definition) is 5. The van der Waals surface area contributed by atoms with Gasteiger partial charge in [-0.25, -0.2) is 0 Å². The van der Waals surface area contributed by atoms with Gasteiger partial charge in [0.25, 0.3) is 11.8 Å². The molecular formula is C25H22ClIN2O4. The van der Waals surface area contributed by atoms with Gasteiger partial charge in [-0.1, -0.05) is 42.0 Å². The molecule has 1 saturated heterocycles. The summed E-state index contributed by atoms with van der Waals surface area (Å²) in [7, 11) is 1.57. The Kier molecular flexibility index (Phi) is 6.18. The van der Waals surface area contributed by atoms with E-state index in [4.69, 9.17) is 21.1 Å². The highest BCUT2D eigenvalue weighted by Gasteiger charge is 2.56. The molecule has 33 heavy (non-hydrogen) atoms. The number of allylic oxidation sites excluding steroid dienone is 2. The van der Waals surface area contributed by atoms with E-state index in [-0.39, 0.29) is 35.5 Å². The molecule has 6 rings (SSSR count). The maximum Gasteiger partial charge on any atom is 0.254 e. The highest BCUT2D eigenvalue weighted by Crippen LogP contribution is 2.49. The average molecular weight is 577 g/mol. The molecule has 4 aliphatic rings. The fraction of sp³-hybridized carbons (Fsp3) is 0.320. The monoisotopic (exact) mass is 576 g/mol. The molecule has 2 fully saturated rings. The molecule has 0 spiro atoms. The van der Waals surface area contributed by atoms with Gasteiger partial charge >= 0.3 is 0 Å². The van der Waals surface area contributed by atoms with Crippen molar-refractivity contribution in [1.29, 1.82) is 0 Å². The predicted octanol–water partition coefficient (Wildman–Crippen LogP) is 5.06. The van der Waals surface area contributed by atoms with E-state index in [9.17, 15) is 9.59 Å². The Balaban J connectivity index is 1.35. The Labute approximate surface area is 210 Å². The Morgan fingerprint density at radius 2 is 1.79 bits per heavy atom. The topological polar surface area (TPSA) is 68.2 Å². The number of carbonyl (C=O) groups is 2. The lowest BCUT2D eigenvalue weighted by atomic mass is 9.63. The fourth-order valence-corrected chi connectivity index (χ4v) is 5.99. The van der Waals surface area contributed by atoms with Crippen LogP contribution in [0.5, 0.6) is 11.5 Å². The zero-order valence-electron chi connectivity index (χ0n) is 17.9. The molecule has 1 heterocycles. The lowest BCUT2D eigenvalue weighted by Gasteiger charge is -2.37. The molecule has 1 aliphatic heterocycles.